The van der Waals surface area contributed by atoms with Gasteiger partial charge in [0.1, 0.15) is 0 Å². The Kier molecular flexibility index (Phi) is 2.23. The van der Waals surface area contributed by atoms with Crippen LogP contribution in [-0.2, 0) is 21.3 Å². The van der Waals surface area contributed by atoms with Crippen LogP contribution in [0.15, 0.2) is 18.2 Å². The highest BCUT2D eigenvalue weighted by Crippen LogP contribution is 2.27. The van der Waals surface area contributed by atoms with Gasteiger partial charge in [0.15, 0.2) is 9.84 Å². The zero-order valence-electron chi connectivity index (χ0n) is 8.08. The minimum Gasteiger partial charge on any atom is -0.385 e. The zero-order chi connectivity index (χ0) is 10.2. The number of anilines is 1. The highest BCUT2D eigenvalue weighted by molar-refractivity contribution is 7.90. The molecule has 0 amide bonds. The van der Waals surface area contributed by atoms with Crippen molar-refractivity contribution in [3.05, 3.63) is 29.3 Å². The molecule has 0 atom stereocenters. The number of benzene rings is 1. The van der Waals surface area contributed by atoms with Crippen molar-refractivity contribution in [2.45, 2.75) is 18.4 Å². The van der Waals surface area contributed by atoms with Crippen LogP contribution in [0.1, 0.15) is 18.1 Å². The third kappa shape index (κ3) is 1.75. The fourth-order valence-electron chi connectivity index (χ4n) is 1.74. The van der Waals surface area contributed by atoms with E-state index in [0.29, 0.717) is 0 Å². The Bertz CT molecular complexity index is 451. The largest absolute Gasteiger partial charge is 0.385 e. The number of hydrogen-bond acceptors (Lipinski definition) is 3. The second-order valence-corrected chi connectivity index (χ2v) is 5.61. The maximum Gasteiger partial charge on any atom is 0.158 e. The van der Waals surface area contributed by atoms with Crippen LogP contribution in [0.4, 0.5) is 5.69 Å². The van der Waals surface area contributed by atoms with Crippen molar-refractivity contribution >= 4 is 15.5 Å². The molecule has 1 aromatic carbocycles. The fourth-order valence-corrected chi connectivity index (χ4v) is 3.34. The molecule has 0 radical (unpaired) electrons. The van der Waals surface area contributed by atoms with Gasteiger partial charge in [-0.2, -0.15) is 0 Å². The molecule has 3 nitrogen and oxygen atoms in total. The van der Waals surface area contributed by atoms with Crippen molar-refractivity contribution in [2.24, 2.45) is 0 Å². The normalized spacial score (nSPS) is 17.8. The Labute approximate surface area is 84.1 Å². The maximum absolute atomic E-state index is 11.3. The number of fused-ring (bicyclic) bond motifs is 1. The predicted molar refractivity (Wildman–Crippen MR) is 56.9 cm³/mol. The van der Waals surface area contributed by atoms with Crippen molar-refractivity contribution in [1.29, 1.82) is 0 Å². The second-order valence-electron chi connectivity index (χ2n) is 3.55. The average Bonchev–Trinajstić information content (AvgIpc) is 2.38. The Hall–Kier alpha value is -1.03. The molecule has 1 heterocycles. The lowest BCUT2D eigenvalue weighted by Crippen LogP contribution is -1.97. The Morgan fingerprint density at radius 1 is 1.29 bits per heavy atom. The van der Waals surface area contributed by atoms with Crippen molar-refractivity contribution in [1.82, 2.24) is 0 Å². The van der Waals surface area contributed by atoms with E-state index in [4.69, 9.17) is 0 Å². The fraction of sp³-hybridized carbons (Fsp3) is 0.400. The van der Waals surface area contributed by atoms with E-state index < -0.39 is 9.84 Å². The van der Waals surface area contributed by atoms with Gasteiger partial charge in [0, 0.05) is 12.2 Å². The van der Waals surface area contributed by atoms with Crippen molar-refractivity contribution in [2.75, 3.05) is 11.9 Å². The van der Waals surface area contributed by atoms with E-state index in [2.05, 4.69) is 5.32 Å². The van der Waals surface area contributed by atoms with Gasteiger partial charge in [-0.25, -0.2) is 8.42 Å². The van der Waals surface area contributed by atoms with Gasteiger partial charge in [-0.1, -0.05) is 6.07 Å². The molecule has 1 aliphatic heterocycles. The highest BCUT2D eigenvalue weighted by Gasteiger charge is 2.24. The van der Waals surface area contributed by atoms with Crippen LogP contribution < -0.4 is 5.32 Å². The third-order valence-electron chi connectivity index (χ3n) is 2.34. The van der Waals surface area contributed by atoms with Crippen LogP contribution in [0, 0.1) is 0 Å². The molecule has 1 aliphatic rings. The topological polar surface area (TPSA) is 46.2 Å². The van der Waals surface area contributed by atoms with Gasteiger partial charge >= 0.3 is 0 Å². The van der Waals surface area contributed by atoms with Gasteiger partial charge < -0.3 is 5.32 Å². The molecule has 0 fully saturated rings. The zero-order valence-corrected chi connectivity index (χ0v) is 8.89. The van der Waals surface area contributed by atoms with Crippen LogP contribution in [0.25, 0.3) is 0 Å². The SMILES string of the molecule is CCNc1ccc2c(c1)CS(=O)(=O)C2. The van der Waals surface area contributed by atoms with E-state index in [1.54, 1.807) is 0 Å². The molecule has 0 spiro atoms. The molecule has 2 rings (SSSR count). The summed E-state index contributed by atoms with van der Waals surface area (Å²) in [6.45, 7) is 2.87. The molecule has 1 N–H and O–H groups in total. The highest BCUT2D eigenvalue weighted by atomic mass is 32.2. The summed E-state index contributed by atoms with van der Waals surface area (Å²) in [7, 11) is -2.86. The summed E-state index contributed by atoms with van der Waals surface area (Å²) >= 11 is 0. The molecule has 4 heteroatoms. The van der Waals surface area contributed by atoms with Gasteiger partial charge in [0.2, 0.25) is 0 Å². The third-order valence-corrected chi connectivity index (χ3v) is 3.84. The summed E-state index contributed by atoms with van der Waals surface area (Å²) in [6, 6.07) is 5.77. The predicted octanol–water partition coefficient (Wildman–Crippen LogP) is 1.55. The summed E-state index contributed by atoms with van der Waals surface area (Å²) in [5, 5.41) is 3.17. The molecular formula is C10H13NO2S. The van der Waals surface area contributed by atoms with Crippen molar-refractivity contribution in [3.63, 3.8) is 0 Å². The first-order valence-electron chi connectivity index (χ1n) is 4.67. The molecule has 0 aromatic heterocycles. The Morgan fingerprint density at radius 3 is 2.71 bits per heavy atom. The quantitative estimate of drug-likeness (QED) is 0.807. The molecular weight excluding hydrogens is 198 g/mol. The molecule has 76 valence electrons. The molecule has 0 aliphatic carbocycles. The first-order chi connectivity index (χ1) is 6.61. The molecule has 0 unspecified atom stereocenters. The monoisotopic (exact) mass is 211 g/mol. The lowest BCUT2D eigenvalue weighted by molar-refractivity contribution is 0.598. The number of nitrogens with one attached hydrogen (secondary N) is 1. The van der Waals surface area contributed by atoms with Crippen LogP contribution in [0.5, 0.6) is 0 Å². The first-order valence-corrected chi connectivity index (χ1v) is 6.49. The molecule has 0 saturated carbocycles. The average molecular weight is 211 g/mol. The minimum atomic E-state index is -2.86. The van der Waals surface area contributed by atoms with Gasteiger partial charge in [0.25, 0.3) is 0 Å². The second kappa shape index (κ2) is 3.28. The van der Waals surface area contributed by atoms with Crippen LogP contribution in [-0.4, -0.2) is 15.0 Å². The minimum absolute atomic E-state index is 0.196. The van der Waals surface area contributed by atoms with E-state index in [1.807, 2.05) is 25.1 Å². The smallest absolute Gasteiger partial charge is 0.158 e. The van der Waals surface area contributed by atoms with E-state index in [9.17, 15) is 8.42 Å². The van der Waals surface area contributed by atoms with Gasteiger partial charge in [-0.05, 0) is 30.2 Å². The standard InChI is InChI=1S/C10H13NO2S/c1-2-11-10-4-3-8-6-14(12,13)7-9(8)5-10/h3-5,11H,2,6-7H2,1H3. The van der Waals surface area contributed by atoms with E-state index in [1.165, 1.54) is 0 Å². The molecule has 0 saturated heterocycles. The summed E-state index contributed by atoms with van der Waals surface area (Å²) in [5.41, 5.74) is 2.90. The Morgan fingerprint density at radius 2 is 2.00 bits per heavy atom. The Balaban J connectivity index is 2.35. The van der Waals surface area contributed by atoms with Crippen LogP contribution in [0.3, 0.4) is 0 Å². The lowest BCUT2D eigenvalue weighted by Gasteiger charge is -2.04. The van der Waals surface area contributed by atoms with E-state index >= 15 is 0 Å². The van der Waals surface area contributed by atoms with Crippen molar-refractivity contribution in [3.8, 4) is 0 Å². The molecule has 0 bridgehead atoms. The van der Waals surface area contributed by atoms with Crippen LogP contribution >= 0.6 is 0 Å². The summed E-state index contributed by atoms with van der Waals surface area (Å²) in [6.07, 6.45) is 0. The number of rotatable bonds is 2. The number of sulfone groups is 1. The summed E-state index contributed by atoms with van der Waals surface area (Å²) in [4.78, 5) is 0. The maximum atomic E-state index is 11.3. The number of hydrogen-bond donors (Lipinski definition) is 1. The molecule has 14 heavy (non-hydrogen) atoms. The molecule has 1 aromatic rings. The van der Waals surface area contributed by atoms with Gasteiger partial charge in [-0.15, -0.1) is 0 Å². The summed E-state index contributed by atoms with van der Waals surface area (Å²) < 4.78 is 22.7. The first kappa shape index (κ1) is 9.52. The van der Waals surface area contributed by atoms with E-state index in [0.717, 1.165) is 23.4 Å². The van der Waals surface area contributed by atoms with Gasteiger partial charge in [-0.3, -0.25) is 0 Å². The summed E-state index contributed by atoms with van der Waals surface area (Å²) in [5.74, 6) is 0.399. The van der Waals surface area contributed by atoms with Gasteiger partial charge in [0.05, 0.1) is 11.5 Å². The van der Waals surface area contributed by atoms with E-state index in [-0.39, 0.29) is 11.5 Å². The van der Waals surface area contributed by atoms with Crippen LogP contribution in [0.2, 0.25) is 0 Å². The lowest BCUT2D eigenvalue weighted by atomic mass is 10.1. The van der Waals surface area contributed by atoms with Crippen molar-refractivity contribution < 1.29 is 8.42 Å².